The standard InChI is InChI=1S/C56H34N4O/c1-4-17-35(18-5-1)37-31-45(56-57-46-27-13-10-25-41(46)54(58-56)36-19-6-2-7-20-36)53-42-26-16-30-49(55(42)61-52(53)32-37)60-48-29-15-12-24-40(48)44-33-43-39-23-11-14-28-47(39)59(50(43)34-51(44)60)38-21-8-3-9-22-38/h1-34H. The predicted molar refractivity (Wildman–Crippen MR) is 252 cm³/mol. The van der Waals surface area contributed by atoms with Gasteiger partial charge in [-0.25, -0.2) is 9.97 Å². The highest BCUT2D eigenvalue weighted by Gasteiger charge is 2.24. The maximum Gasteiger partial charge on any atom is 0.161 e. The van der Waals surface area contributed by atoms with Crippen LogP contribution < -0.4 is 0 Å². The average molecular weight is 779 g/mol. The second-order valence-electron chi connectivity index (χ2n) is 15.7. The first kappa shape index (κ1) is 33.7. The number of nitrogens with zero attached hydrogens (tertiary/aromatic N) is 4. The summed E-state index contributed by atoms with van der Waals surface area (Å²) < 4.78 is 12.0. The maximum absolute atomic E-state index is 7.18. The first-order chi connectivity index (χ1) is 30.3. The highest BCUT2D eigenvalue weighted by molar-refractivity contribution is 6.21. The highest BCUT2D eigenvalue weighted by Crippen LogP contribution is 2.45. The molecule has 4 heterocycles. The molecule has 13 rings (SSSR count). The van der Waals surface area contributed by atoms with Crippen molar-refractivity contribution >= 4 is 76.5 Å². The summed E-state index contributed by atoms with van der Waals surface area (Å²) in [6.07, 6.45) is 0. The minimum absolute atomic E-state index is 0.654. The van der Waals surface area contributed by atoms with Gasteiger partial charge in [0, 0.05) is 54.5 Å². The minimum Gasteiger partial charge on any atom is -0.454 e. The third-order valence-electron chi connectivity index (χ3n) is 12.3. The molecule has 284 valence electrons. The Morgan fingerprint density at radius 1 is 0.377 bits per heavy atom. The second kappa shape index (κ2) is 13.1. The third kappa shape index (κ3) is 5.08. The molecule has 0 aliphatic carbocycles. The van der Waals surface area contributed by atoms with Gasteiger partial charge >= 0.3 is 0 Å². The molecule has 0 fully saturated rings. The van der Waals surface area contributed by atoms with Gasteiger partial charge in [-0.05, 0) is 71.8 Å². The highest BCUT2D eigenvalue weighted by atomic mass is 16.3. The van der Waals surface area contributed by atoms with E-state index in [4.69, 9.17) is 14.4 Å². The molecule has 13 aromatic rings. The summed E-state index contributed by atoms with van der Waals surface area (Å²) in [6.45, 7) is 0. The number of hydrogen-bond donors (Lipinski definition) is 0. The molecule has 0 radical (unpaired) electrons. The molecule has 0 saturated carbocycles. The molecule has 0 bridgehead atoms. The summed E-state index contributed by atoms with van der Waals surface area (Å²) in [7, 11) is 0. The third-order valence-corrected chi connectivity index (χ3v) is 12.3. The molecule has 0 amide bonds. The van der Waals surface area contributed by atoms with Crippen LogP contribution >= 0.6 is 0 Å². The molecule has 61 heavy (non-hydrogen) atoms. The minimum atomic E-state index is 0.654. The summed E-state index contributed by atoms with van der Waals surface area (Å²) in [4.78, 5) is 10.7. The van der Waals surface area contributed by atoms with Crippen molar-refractivity contribution in [2.45, 2.75) is 0 Å². The maximum atomic E-state index is 7.18. The summed E-state index contributed by atoms with van der Waals surface area (Å²) in [5, 5.41) is 7.83. The van der Waals surface area contributed by atoms with Gasteiger partial charge in [0.05, 0.1) is 39.0 Å². The van der Waals surface area contributed by atoms with Crippen molar-refractivity contribution in [3.8, 4) is 45.1 Å². The van der Waals surface area contributed by atoms with Gasteiger partial charge in [0.15, 0.2) is 11.4 Å². The fourth-order valence-electron chi connectivity index (χ4n) is 9.62. The van der Waals surface area contributed by atoms with Crippen LogP contribution in [0.1, 0.15) is 0 Å². The average Bonchev–Trinajstić information content (AvgIpc) is 3.98. The van der Waals surface area contributed by atoms with Crippen molar-refractivity contribution < 1.29 is 4.42 Å². The number of aromatic nitrogens is 4. The van der Waals surface area contributed by atoms with Gasteiger partial charge in [0.2, 0.25) is 0 Å². The van der Waals surface area contributed by atoms with Crippen LogP contribution in [0.15, 0.2) is 211 Å². The Bertz CT molecular complexity index is 3860. The van der Waals surface area contributed by atoms with Crippen molar-refractivity contribution in [3.63, 3.8) is 0 Å². The van der Waals surface area contributed by atoms with Gasteiger partial charge in [-0.2, -0.15) is 0 Å². The van der Waals surface area contributed by atoms with E-state index in [9.17, 15) is 0 Å². The van der Waals surface area contributed by atoms with E-state index in [1.807, 2.05) is 18.2 Å². The van der Waals surface area contributed by atoms with Crippen LogP contribution in [-0.2, 0) is 0 Å². The van der Waals surface area contributed by atoms with E-state index < -0.39 is 0 Å². The summed E-state index contributed by atoms with van der Waals surface area (Å²) in [5.74, 6) is 0.654. The second-order valence-corrected chi connectivity index (χ2v) is 15.7. The number of hydrogen-bond acceptors (Lipinski definition) is 3. The number of benzene rings is 9. The lowest BCUT2D eigenvalue weighted by Crippen LogP contribution is -1.96. The van der Waals surface area contributed by atoms with Crippen LogP contribution in [0.5, 0.6) is 0 Å². The molecule has 9 aromatic carbocycles. The van der Waals surface area contributed by atoms with Crippen molar-refractivity contribution in [1.82, 2.24) is 19.1 Å². The summed E-state index contributed by atoms with van der Waals surface area (Å²) >= 11 is 0. The fraction of sp³-hybridized carbons (Fsp3) is 0. The molecule has 0 atom stereocenters. The fourth-order valence-corrected chi connectivity index (χ4v) is 9.62. The summed E-state index contributed by atoms with van der Waals surface area (Å²) in [6, 6.07) is 72.9. The van der Waals surface area contributed by atoms with Gasteiger partial charge in [-0.3, -0.25) is 0 Å². The molecule has 5 heteroatoms. The smallest absolute Gasteiger partial charge is 0.161 e. The molecule has 5 nitrogen and oxygen atoms in total. The van der Waals surface area contributed by atoms with Crippen molar-refractivity contribution in [2.75, 3.05) is 0 Å². The monoisotopic (exact) mass is 778 g/mol. The lowest BCUT2D eigenvalue weighted by Gasteiger charge is -2.12. The zero-order valence-electron chi connectivity index (χ0n) is 32.8. The van der Waals surface area contributed by atoms with E-state index in [-0.39, 0.29) is 0 Å². The van der Waals surface area contributed by atoms with Gasteiger partial charge in [-0.15, -0.1) is 0 Å². The molecule has 0 aliphatic heterocycles. The normalized spacial score (nSPS) is 11.9. The van der Waals surface area contributed by atoms with E-state index in [0.29, 0.717) is 5.82 Å². The Balaban J connectivity index is 1.13. The van der Waals surface area contributed by atoms with Crippen LogP contribution in [0, 0.1) is 0 Å². The lowest BCUT2D eigenvalue weighted by molar-refractivity contribution is 0.666. The number of furan rings is 1. The zero-order chi connectivity index (χ0) is 40.0. The number of fused-ring (bicyclic) bond motifs is 10. The Morgan fingerprint density at radius 3 is 1.70 bits per heavy atom. The molecule has 0 saturated heterocycles. The van der Waals surface area contributed by atoms with E-state index >= 15 is 0 Å². The van der Waals surface area contributed by atoms with Crippen LogP contribution in [0.3, 0.4) is 0 Å². The zero-order valence-corrected chi connectivity index (χ0v) is 32.8. The van der Waals surface area contributed by atoms with E-state index in [1.165, 1.54) is 27.1 Å². The Kier molecular flexibility index (Phi) is 7.24. The first-order valence-electron chi connectivity index (χ1n) is 20.7. The quantitative estimate of drug-likeness (QED) is 0.175. The topological polar surface area (TPSA) is 48.8 Å². The Hall–Kier alpha value is -8.28. The summed E-state index contributed by atoms with van der Waals surface area (Å²) in [5.41, 5.74) is 14.1. The largest absolute Gasteiger partial charge is 0.454 e. The van der Waals surface area contributed by atoms with Crippen LogP contribution in [-0.4, -0.2) is 19.1 Å². The number of para-hydroxylation sites is 5. The van der Waals surface area contributed by atoms with E-state index in [1.54, 1.807) is 0 Å². The van der Waals surface area contributed by atoms with Crippen molar-refractivity contribution in [3.05, 3.63) is 206 Å². The molecule has 0 N–H and O–H groups in total. The molecule has 0 unspecified atom stereocenters. The lowest BCUT2D eigenvalue weighted by atomic mass is 9.97. The molecule has 4 aromatic heterocycles. The molecular weight excluding hydrogens is 745 g/mol. The Morgan fingerprint density at radius 2 is 0.967 bits per heavy atom. The van der Waals surface area contributed by atoms with Crippen LogP contribution in [0.2, 0.25) is 0 Å². The molecule has 0 aliphatic rings. The van der Waals surface area contributed by atoms with Gasteiger partial charge in [-0.1, -0.05) is 146 Å². The van der Waals surface area contributed by atoms with E-state index in [0.717, 1.165) is 88.7 Å². The van der Waals surface area contributed by atoms with Crippen molar-refractivity contribution in [2.24, 2.45) is 0 Å². The van der Waals surface area contributed by atoms with E-state index in [2.05, 4.69) is 197 Å². The SMILES string of the molecule is c1ccc(-c2cc(-c3nc(-c4ccccc4)c4ccccc4n3)c3c(c2)oc2c(-n4c5ccccc5c5cc6c7ccccc7n(-c7ccccc7)c6cc54)cccc23)cc1. The van der Waals surface area contributed by atoms with Gasteiger partial charge in [0.25, 0.3) is 0 Å². The van der Waals surface area contributed by atoms with Gasteiger partial charge in [0.1, 0.15) is 5.58 Å². The van der Waals surface area contributed by atoms with Crippen LogP contribution in [0.4, 0.5) is 0 Å². The molecule has 0 spiro atoms. The Labute approximate surface area is 350 Å². The van der Waals surface area contributed by atoms with Crippen LogP contribution in [0.25, 0.3) is 122 Å². The predicted octanol–water partition coefficient (Wildman–Crippen LogP) is 14.7. The molecular formula is C56H34N4O. The van der Waals surface area contributed by atoms with Crippen molar-refractivity contribution in [1.29, 1.82) is 0 Å². The number of rotatable bonds is 5. The van der Waals surface area contributed by atoms with Gasteiger partial charge < -0.3 is 13.6 Å². The first-order valence-corrected chi connectivity index (χ1v) is 20.7.